The Hall–Kier alpha value is -0.573. The van der Waals surface area contributed by atoms with E-state index in [1.807, 2.05) is 0 Å². The minimum Gasteiger partial charge on any atom is -0.462 e. The number of ether oxygens (including phenoxy) is 1. The van der Waals surface area contributed by atoms with Gasteiger partial charge >= 0.3 is 5.97 Å². The van der Waals surface area contributed by atoms with Gasteiger partial charge in [-0.3, -0.25) is 0 Å². The molecule has 0 aliphatic rings. The van der Waals surface area contributed by atoms with Gasteiger partial charge in [0, 0.05) is 15.1 Å². The molecule has 0 spiro atoms. The molecule has 0 aromatic heterocycles. The van der Waals surface area contributed by atoms with E-state index < -0.39 is 0 Å². The zero-order valence-electron chi connectivity index (χ0n) is 7.35. The van der Waals surface area contributed by atoms with E-state index in [4.69, 9.17) is 4.74 Å². The smallest absolute Gasteiger partial charge is 0.333 e. The molecule has 11 heavy (non-hydrogen) atoms. The molecule has 0 fully saturated rings. The Balaban J connectivity index is 3.25. The summed E-state index contributed by atoms with van der Waals surface area (Å²) in [5, 5.41) is 0. The van der Waals surface area contributed by atoms with Crippen LogP contribution in [0.3, 0.4) is 0 Å². The molecule has 0 saturated carbocycles. The molecule has 0 aromatic rings. The number of esters is 1. The van der Waals surface area contributed by atoms with Gasteiger partial charge in [0.25, 0.3) is 0 Å². The third-order valence-electron chi connectivity index (χ3n) is 1.33. The Morgan fingerprint density at radius 2 is 2.27 bits per heavy atom. The molecule has 2 nitrogen and oxygen atoms in total. The Labute approximate surface area is 70.5 Å². The Bertz CT molecular complexity index is 143. The average molecular weight is 172 g/mol. The van der Waals surface area contributed by atoms with E-state index in [0.717, 1.165) is 6.42 Å². The lowest BCUT2D eigenvalue weighted by molar-refractivity contribution is -0.138. The van der Waals surface area contributed by atoms with Crippen molar-refractivity contribution in [2.75, 3.05) is 6.61 Å². The quantitative estimate of drug-likeness (QED) is 0.269. The molecule has 0 unspecified atom stereocenters. The molecule has 0 amide bonds. The van der Waals surface area contributed by atoms with Gasteiger partial charge in [-0.25, -0.2) is 4.79 Å². The highest BCUT2D eigenvalue weighted by atomic mass is 28.2. The maximum Gasteiger partial charge on any atom is 0.333 e. The molecular weight excluding hydrogens is 156 g/mol. The van der Waals surface area contributed by atoms with Gasteiger partial charge in [-0.05, 0) is 13.3 Å². The van der Waals surface area contributed by atoms with E-state index in [0.29, 0.717) is 12.2 Å². The molecule has 0 atom stereocenters. The van der Waals surface area contributed by atoms with Gasteiger partial charge in [0.2, 0.25) is 0 Å². The second-order valence-electron chi connectivity index (χ2n) is 2.62. The highest BCUT2D eigenvalue weighted by Crippen LogP contribution is 1.95. The lowest BCUT2D eigenvalue weighted by atomic mass is 10.4. The van der Waals surface area contributed by atoms with E-state index in [9.17, 15) is 4.79 Å². The molecule has 64 valence electrons. The molecule has 0 N–H and O–H groups in total. The van der Waals surface area contributed by atoms with Gasteiger partial charge in [-0.1, -0.05) is 19.2 Å². The maximum atomic E-state index is 10.8. The van der Waals surface area contributed by atoms with Crippen LogP contribution in [0.1, 0.15) is 13.3 Å². The van der Waals surface area contributed by atoms with Crippen LogP contribution in [-0.4, -0.2) is 22.1 Å². The molecule has 0 aromatic carbocycles. The van der Waals surface area contributed by atoms with Gasteiger partial charge in [0.1, 0.15) is 0 Å². The van der Waals surface area contributed by atoms with E-state index in [1.165, 1.54) is 6.04 Å². The van der Waals surface area contributed by atoms with E-state index >= 15 is 0 Å². The highest BCUT2D eigenvalue weighted by molar-refractivity contribution is 6.33. The van der Waals surface area contributed by atoms with Crippen LogP contribution in [0.15, 0.2) is 12.2 Å². The first-order chi connectivity index (χ1) is 5.18. The van der Waals surface area contributed by atoms with Crippen molar-refractivity contribution in [3.63, 3.8) is 0 Å². The first-order valence-corrected chi connectivity index (χ1v) is 6.42. The summed E-state index contributed by atoms with van der Waals surface area (Å²) in [4.78, 5) is 10.8. The van der Waals surface area contributed by atoms with Crippen LogP contribution in [-0.2, 0) is 9.53 Å². The van der Waals surface area contributed by atoms with E-state index in [2.05, 4.69) is 13.1 Å². The minimum atomic E-state index is -0.261. The molecule has 0 rings (SSSR count). The van der Waals surface area contributed by atoms with Crippen molar-refractivity contribution < 1.29 is 9.53 Å². The number of hydrogen-bond acceptors (Lipinski definition) is 2. The fraction of sp³-hybridized carbons (Fsp3) is 0.625. The summed E-state index contributed by atoms with van der Waals surface area (Å²) in [5.41, 5.74) is 0.485. The lowest BCUT2D eigenvalue weighted by Crippen LogP contribution is -2.06. The van der Waals surface area contributed by atoms with Gasteiger partial charge in [0.15, 0.2) is 0 Å². The molecular formula is C8H16O2Si. The van der Waals surface area contributed by atoms with Crippen LogP contribution in [0.4, 0.5) is 0 Å². The molecule has 3 heteroatoms. The Morgan fingerprint density at radius 3 is 2.73 bits per heavy atom. The predicted octanol–water partition coefficient (Wildman–Crippen LogP) is 1.13. The van der Waals surface area contributed by atoms with Crippen molar-refractivity contribution in [1.82, 2.24) is 0 Å². The van der Waals surface area contributed by atoms with Crippen molar-refractivity contribution in [3.8, 4) is 0 Å². The van der Waals surface area contributed by atoms with Crippen molar-refractivity contribution in [1.29, 1.82) is 0 Å². The minimum absolute atomic E-state index is 0.136. The number of rotatable bonds is 5. The maximum absolute atomic E-state index is 10.8. The molecule has 0 aliphatic carbocycles. The van der Waals surface area contributed by atoms with Crippen molar-refractivity contribution in [2.45, 2.75) is 25.9 Å². The summed E-state index contributed by atoms with van der Waals surface area (Å²) >= 11 is 0. The third-order valence-corrected chi connectivity index (χ3v) is 2.54. The van der Waals surface area contributed by atoms with Crippen molar-refractivity contribution >= 4 is 15.5 Å². The van der Waals surface area contributed by atoms with Crippen molar-refractivity contribution in [3.05, 3.63) is 12.2 Å². The summed E-state index contributed by atoms with van der Waals surface area (Å²) < 4.78 is 4.89. The first kappa shape index (κ1) is 10.4. The topological polar surface area (TPSA) is 26.3 Å². The Kier molecular flexibility index (Phi) is 5.84. The average Bonchev–Trinajstić information content (AvgIpc) is 1.97. The molecule has 0 radical (unpaired) electrons. The fourth-order valence-corrected chi connectivity index (χ4v) is 1.34. The Morgan fingerprint density at radius 1 is 1.64 bits per heavy atom. The molecule has 0 bridgehead atoms. The summed E-state index contributed by atoms with van der Waals surface area (Å²) in [6.07, 6.45) is 1.02. The highest BCUT2D eigenvalue weighted by Gasteiger charge is 2.00. The summed E-state index contributed by atoms with van der Waals surface area (Å²) in [7, 11) is 0.136. The van der Waals surface area contributed by atoms with E-state index in [1.54, 1.807) is 6.92 Å². The molecule has 0 heterocycles. The predicted molar refractivity (Wildman–Crippen MR) is 49.6 cm³/mol. The van der Waals surface area contributed by atoms with Crippen LogP contribution in [0, 0.1) is 0 Å². The van der Waals surface area contributed by atoms with Crippen LogP contribution in [0.2, 0.25) is 12.6 Å². The van der Waals surface area contributed by atoms with Crippen LogP contribution in [0.5, 0.6) is 0 Å². The lowest BCUT2D eigenvalue weighted by Gasteiger charge is -2.02. The molecule has 0 saturated heterocycles. The SMILES string of the molecule is C=C(C)C(=O)OCCC[SiH2]C. The fourth-order valence-electron chi connectivity index (χ4n) is 0.640. The van der Waals surface area contributed by atoms with E-state index in [-0.39, 0.29) is 15.5 Å². The number of carbonyl (C=O) groups is 1. The monoisotopic (exact) mass is 172 g/mol. The van der Waals surface area contributed by atoms with Crippen LogP contribution < -0.4 is 0 Å². The second kappa shape index (κ2) is 6.16. The third kappa shape index (κ3) is 5.85. The van der Waals surface area contributed by atoms with Crippen molar-refractivity contribution in [2.24, 2.45) is 0 Å². The van der Waals surface area contributed by atoms with Gasteiger partial charge < -0.3 is 4.74 Å². The summed E-state index contributed by atoms with van der Waals surface area (Å²) in [6, 6.07) is 1.25. The van der Waals surface area contributed by atoms with Crippen LogP contribution >= 0.6 is 0 Å². The number of carbonyl (C=O) groups excluding carboxylic acids is 1. The van der Waals surface area contributed by atoms with Crippen LogP contribution in [0.25, 0.3) is 0 Å². The zero-order valence-corrected chi connectivity index (χ0v) is 8.77. The summed E-state index contributed by atoms with van der Waals surface area (Å²) in [6.45, 7) is 7.96. The molecule has 0 aliphatic heterocycles. The van der Waals surface area contributed by atoms with Gasteiger partial charge in [-0.2, -0.15) is 0 Å². The van der Waals surface area contributed by atoms with Gasteiger partial charge in [0.05, 0.1) is 6.61 Å². The first-order valence-electron chi connectivity index (χ1n) is 4.01. The summed E-state index contributed by atoms with van der Waals surface area (Å²) in [5.74, 6) is -0.261. The number of hydrogen-bond donors (Lipinski definition) is 0. The normalized spacial score (nSPS) is 10.4. The zero-order chi connectivity index (χ0) is 8.69. The second-order valence-corrected chi connectivity index (χ2v) is 4.33. The largest absolute Gasteiger partial charge is 0.462 e. The van der Waals surface area contributed by atoms with Gasteiger partial charge in [-0.15, -0.1) is 0 Å². The standard InChI is InChI=1S/C8H16O2Si/c1-7(2)8(9)10-5-4-6-11-3/h1,4-6,11H2,2-3H3.